The first-order chi connectivity index (χ1) is 17.9. The zero-order chi connectivity index (χ0) is 28.0. The van der Waals surface area contributed by atoms with Crippen LogP contribution in [0.1, 0.15) is 36.1 Å². The van der Waals surface area contributed by atoms with Crippen LogP contribution < -0.4 is 4.90 Å². The maximum atomic E-state index is 10.7. The van der Waals surface area contributed by atoms with Crippen molar-refractivity contribution in [3.8, 4) is 22.5 Å². The summed E-state index contributed by atoms with van der Waals surface area (Å²) in [7, 11) is 0. The Balaban J connectivity index is 2.10. The minimum atomic E-state index is -3.23. The molecule has 0 saturated heterocycles. The summed E-state index contributed by atoms with van der Waals surface area (Å²) in [4.78, 5) is 20.9. The van der Waals surface area contributed by atoms with Crippen LogP contribution in [-0.2, 0) is 9.53 Å². The number of unbranched alkanes of at least 4 members (excludes halogenated alkanes) is 1. The zero-order valence-corrected chi connectivity index (χ0v) is 17.0. The number of ether oxygens (including phenoxy) is 1. The number of aromatic nitrogens is 2. The van der Waals surface area contributed by atoms with Crippen LogP contribution in [0.5, 0.6) is 0 Å². The van der Waals surface area contributed by atoms with Gasteiger partial charge in [-0.05, 0) is 26.5 Å². The number of rotatable bonds is 11. The summed E-state index contributed by atoms with van der Waals surface area (Å²) in [5.41, 5.74) is 2.36. The normalized spacial score (nSPS) is 15.4. The fraction of sp³-hybridized carbons (Fsp3) is 0.320. The molecule has 1 aromatic heterocycles. The van der Waals surface area contributed by atoms with Gasteiger partial charge in [0.05, 0.1) is 19.0 Å². The molecule has 0 amide bonds. The van der Waals surface area contributed by atoms with Crippen LogP contribution in [0, 0.1) is 0 Å². The van der Waals surface area contributed by atoms with E-state index in [1.807, 2.05) is 60.7 Å². The average Bonchev–Trinajstić information content (AvgIpc) is 2.87. The Bertz CT molecular complexity index is 1190. The fourth-order valence-electron chi connectivity index (χ4n) is 3.09. The monoisotopic (exact) mass is 426 g/mol. The minimum absolute atomic E-state index is 0.0700. The van der Waals surface area contributed by atoms with Crippen LogP contribution in [0.25, 0.3) is 22.5 Å². The molecule has 162 valence electrons. The number of carbonyl (C=O) groups is 1. The molecular formula is C25H29N3O3. The molecule has 2 aromatic carbocycles. The van der Waals surface area contributed by atoms with E-state index in [0.29, 0.717) is 23.4 Å². The van der Waals surface area contributed by atoms with Crippen molar-refractivity contribution >= 4 is 11.8 Å². The number of nitrogens with zero attached hydrogens (tertiary/aromatic N) is 3. The Kier molecular flexibility index (Phi) is 5.32. The van der Waals surface area contributed by atoms with Gasteiger partial charge in [-0.1, -0.05) is 60.7 Å². The van der Waals surface area contributed by atoms with Crippen LogP contribution in [-0.4, -0.2) is 46.8 Å². The maximum Gasteiger partial charge on any atom is 0.329 e. The van der Waals surface area contributed by atoms with Crippen molar-refractivity contribution in [2.75, 3.05) is 24.7 Å². The van der Waals surface area contributed by atoms with E-state index in [-0.39, 0.29) is 25.4 Å². The second kappa shape index (κ2) is 11.2. The van der Waals surface area contributed by atoms with Crippen molar-refractivity contribution in [1.82, 2.24) is 9.97 Å². The lowest BCUT2D eigenvalue weighted by Crippen LogP contribution is -2.33. The van der Waals surface area contributed by atoms with Gasteiger partial charge in [-0.2, -0.15) is 0 Å². The second-order valence-electron chi connectivity index (χ2n) is 6.81. The molecule has 0 spiro atoms. The largest absolute Gasteiger partial charge is 0.480 e. The molecule has 0 fully saturated rings. The third-order valence-corrected chi connectivity index (χ3v) is 4.55. The third-order valence-electron chi connectivity index (χ3n) is 4.55. The molecule has 0 aliphatic carbocycles. The molecule has 31 heavy (non-hydrogen) atoms. The summed E-state index contributed by atoms with van der Waals surface area (Å²) >= 11 is 0. The van der Waals surface area contributed by atoms with E-state index in [1.165, 1.54) is 6.20 Å². The predicted octanol–water partition coefficient (Wildman–Crippen LogP) is 4.91. The molecule has 0 aliphatic heterocycles. The Morgan fingerprint density at radius 2 is 1.71 bits per heavy atom. The van der Waals surface area contributed by atoms with Gasteiger partial charge in [-0.25, -0.2) is 9.78 Å². The molecule has 0 atom stereocenters. The summed E-state index contributed by atoms with van der Waals surface area (Å²) in [6.45, 7) is -7.04. The zero-order valence-electron chi connectivity index (χ0n) is 24.0. The van der Waals surface area contributed by atoms with Gasteiger partial charge < -0.3 is 14.7 Å². The van der Waals surface area contributed by atoms with Crippen LogP contribution in [0.2, 0.25) is 0 Å². The smallest absolute Gasteiger partial charge is 0.329 e. The maximum absolute atomic E-state index is 10.7. The van der Waals surface area contributed by atoms with E-state index in [0.717, 1.165) is 10.5 Å². The van der Waals surface area contributed by atoms with Crippen LogP contribution >= 0.6 is 0 Å². The number of hydrogen-bond donors (Lipinski definition) is 1. The number of aliphatic carboxylic acids is 1. The van der Waals surface area contributed by atoms with E-state index in [9.17, 15) is 4.79 Å². The van der Waals surface area contributed by atoms with Gasteiger partial charge >= 0.3 is 5.97 Å². The van der Waals surface area contributed by atoms with E-state index in [4.69, 9.17) is 19.4 Å². The topological polar surface area (TPSA) is 75.5 Å². The molecule has 6 heteroatoms. The standard InChI is InChI=1S/C25H29N3O3/c1-19(2)28(15-9-10-16-31-18-23(29)30)22-17-26-24(20-11-5-3-6-12-20)25(27-22)21-13-7-4-8-14-21/h3-8,11-14,17,19H,9-10,15-16,18H2,1-2H3,(H,29,30)/i1D3,2D3,19D. The molecule has 3 aromatic rings. The van der Waals surface area contributed by atoms with Gasteiger partial charge in [0.1, 0.15) is 12.4 Å². The van der Waals surface area contributed by atoms with Crippen molar-refractivity contribution in [1.29, 1.82) is 0 Å². The average molecular weight is 427 g/mol. The van der Waals surface area contributed by atoms with E-state index >= 15 is 0 Å². The number of carboxylic acids is 1. The van der Waals surface area contributed by atoms with Crippen molar-refractivity contribution in [3.63, 3.8) is 0 Å². The Morgan fingerprint density at radius 3 is 2.32 bits per heavy atom. The molecule has 3 rings (SSSR count). The number of anilines is 1. The fourth-order valence-corrected chi connectivity index (χ4v) is 3.09. The van der Waals surface area contributed by atoms with Crippen molar-refractivity contribution in [3.05, 3.63) is 66.9 Å². The SMILES string of the molecule is [2H]C([2H])([2H])C([2H])(N(CCCCOCC(=O)O)c1cnc(-c2ccccc2)c(-c2ccccc2)n1)C([2H])([2H])[2H]. The molecule has 6 nitrogen and oxygen atoms in total. The minimum Gasteiger partial charge on any atom is -0.480 e. The summed E-state index contributed by atoms with van der Waals surface area (Å²) in [5.74, 6) is -1.19. The van der Waals surface area contributed by atoms with Crippen molar-refractivity contribution < 1.29 is 24.2 Å². The molecule has 0 saturated carbocycles. The highest BCUT2D eigenvalue weighted by Gasteiger charge is 2.17. The molecule has 1 heterocycles. The Labute approximate surface area is 193 Å². The van der Waals surface area contributed by atoms with Crippen molar-refractivity contribution in [2.45, 2.75) is 32.6 Å². The highest BCUT2D eigenvalue weighted by molar-refractivity contribution is 5.78. The summed E-state index contributed by atoms with van der Waals surface area (Å²) in [6.07, 6.45) is 1.81. The summed E-state index contributed by atoms with van der Waals surface area (Å²) in [6, 6.07) is 15.3. The van der Waals surface area contributed by atoms with Gasteiger partial charge in [0, 0.05) is 38.5 Å². The van der Waals surface area contributed by atoms with Crippen LogP contribution in [0.4, 0.5) is 5.82 Å². The Hall–Kier alpha value is -3.25. The first-order valence-corrected chi connectivity index (χ1v) is 9.91. The van der Waals surface area contributed by atoms with Gasteiger partial charge in [-0.15, -0.1) is 0 Å². The summed E-state index contributed by atoms with van der Waals surface area (Å²) in [5, 5.41) is 8.72. The number of carboxylic acid groups (broad SMARTS) is 1. The van der Waals surface area contributed by atoms with Gasteiger partial charge in [0.2, 0.25) is 0 Å². The van der Waals surface area contributed by atoms with E-state index in [1.54, 1.807) is 0 Å². The lowest BCUT2D eigenvalue weighted by atomic mass is 10.0. The molecule has 0 radical (unpaired) electrons. The second-order valence-corrected chi connectivity index (χ2v) is 6.81. The molecule has 0 aliphatic rings. The van der Waals surface area contributed by atoms with Crippen LogP contribution in [0.3, 0.4) is 0 Å². The van der Waals surface area contributed by atoms with Gasteiger partial charge in [0.25, 0.3) is 0 Å². The third kappa shape index (κ3) is 6.36. The molecular weight excluding hydrogens is 390 g/mol. The lowest BCUT2D eigenvalue weighted by Gasteiger charge is -2.28. The first-order valence-electron chi connectivity index (χ1n) is 13.4. The van der Waals surface area contributed by atoms with Gasteiger partial charge in [0.15, 0.2) is 0 Å². The summed E-state index contributed by atoms with van der Waals surface area (Å²) < 4.78 is 61.9. The van der Waals surface area contributed by atoms with Crippen molar-refractivity contribution in [2.24, 2.45) is 0 Å². The molecule has 0 unspecified atom stereocenters. The highest BCUT2D eigenvalue weighted by Crippen LogP contribution is 2.30. The highest BCUT2D eigenvalue weighted by atomic mass is 16.5. The number of hydrogen-bond acceptors (Lipinski definition) is 5. The van der Waals surface area contributed by atoms with Crippen LogP contribution in [0.15, 0.2) is 66.9 Å². The lowest BCUT2D eigenvalue weighted by molar-refractivity contribution is -0.142. The molecule has 1 N–H and O–H groups in total. The van der Waals surface area contributed by atoms with Gasteiger partial charge in [-0.3, -0.25) is 4.98 Å². The van der Waals surface area contributed by atoms with E-state index in [2.05, 4.69) is 9.97 Å². The number of benzene rings is 2. The predicted molar refractivity (Wildman–Crippen MR) is 123 cm³/mol. The Morgan fingerprint density at radius 1 is 1.06 bits per heavy atom. The quantitative estimate of drug-likeness (QED) is 0.439. The molecule has 0 bridgehead atoms. The van der Waals surface area contributed by atoms with E-state index < -0.39 is 32.3 Å². The first kappa shape index (κ1) is 14.7.